The highest BCUT2D eigenvalue weighted by atomic mass is 16.2. The van der Waals surface area contributed by atoms with Gasteiger partial charge in [-0.25, -0.2) is 0 Å². The fourth-order valence-electron chi connectivity index (χ4n) is 3.64. The second-order valence-electron chi connectivity index (χ2n) is 6.75. The van der Waals surface area contributed by atoms with Gasteiger partial charge in [-0.1, -0.05) is 32.1 Å². The summed E-state index contributed by atoms with van der Waals surface area (Å²) in [4.78, 5) is 26.2. The maximum atomic E-state index is 12.6. The second-order valence-corrected chi connectivity index (χ2v) is 6.75. The van der Waals surface area contributed by atoms with Gasteiger partial charge in [-0.05, 0) is 31.1 Å². The third-order valence-corrected chi connectivity index (χ3v) is 5.13. The Morgan fingerprint density at radius 1 is 1.05 bits per heavy atom. The van der Waals surface area contributed by atoms with Crippen LogP contribution in [0.5, 0.6) is 0 Å². The molecule has 4 heteroatoms. The Morgan fingerprint density at radius 2 is 1.80 bits per heavy atom. The van der Waals surface area contributed by atoms with Crippen LogP contribution in [-0.2, 0) is 9.59 Å². The summed E-state index contributed by atoms with van der Waals surface area (Å²) in [6.07, 6.45) is 10.5. The third-order valence-electron chi connectivity index (χ3n) is 5.13. The molecule has 1 saturated heterocycles. The average molecular weight is 278 g/mol. The van der Waals surface area contributed by atoms with Gasteiger partial charge in [0.25, 0.3) is 0 Å². The molecule has 3 rings (SSSR count). The minimum absolute atomic E-state index is 0.0513. The molecule has 2 amide bonds. The molecule has 0 spiro atoms. The number of carbonyl (C=O) groups is 2. The molecular formula is C16H26N2O2. The van der Waals surface area contributed by atoms with Crippen molar-refractivity contribution < 1.29 is 9.59 Å². The number of nitrogens with one attached hydrogen (secondary N) is 1. The molecule has 2 aliphatic carbocycles. The smallest absolute Gasteiger partial charge is 0.245 e. The minimum atomic E-state index is -0.226. The van der Waals surface area contributed by atoms with E-state index in [0.717, 1.165) is 31.7 Å². The van der Waals surface area contributed by atoms with Crippen molar-refractivity contribution in [3.8, 4) is 0 Å². The van der Waals surface area contributed by atoms with Gasteiger partial charge in [-0.15, -0.1) is 0 Å². The van der Waals surface area contributed by atoms with E-state index in [-0.39, 0.29) is 17.9 Å². The predicted octanol–water partition coefficient (Wildman–Crippen LogP) is 2.08. The van der Waals surface area contributed by atoms with Crippen molar-refractivity contribution in [2.75, 3.05) is 13.1 Å². The van der Waals surface area contributed by atoms with Gasteiger partial charge < -0.3 is 10.2 Å². The number of carbonyl (C=O) groups excluding carboxylic acids is 2. The Hall–Kier alpha value is -1.06. The van der Waals surface area contributed by atoms with Crippen LogP contribution in [0.3, 0.4) is 0 Å². The normalized spacial score (nSPS) is 29.2. The topological polar surface area (TPSA) is 49.4 Å². The van der Waals surface area contributed by atoms with Gasteiger partial charge in [-0.3, -0.25) is 9.59 Å². The molecule has 3 aliphatic rings. The van der Waals surface area contributed by atoms with Crippen LogP contribution in [0.4, 0.5) is 0 Å². The van der Waals surface area contributed by atoms with E-state index < -0.39 is 0 Å². The molecule has 0 radical (unpaired) electrons. The van der Waals surface area contributed by atoms with Crippen LogP contribution in [0.25, 0.3) is 0 Å². The summed E-state index contributed by atoms with van der Waals surface area (Å²) in [6.45, 7) is 1.46. The van der Waals surface area contributed by atoms with E-state index in [1.54, 1.807) is 0 Å². The molecule has 0 aromatic heterocycles. The first-order chi connectivity index (χ1) is 9.74. The van der Waals surface area contributed by atoms with Crippen LogP contribution in [0.2, 0.25) is 0 Å². The quantitative estimate of drug-likeness (QED) is 0.856. The SMILES string of the molecule is O=C1CCN(CCC2CCCCC2)C(=O)C(C2CC2)N1. The maximum Gasteiger partial charge on any atom is 0.245 e. The summed E-state index contributed by atoms with van der Waals surface area (Å²) < 4.78 is 0. The first kappa shape index (κ1) is 13.9. The number of amides is 2. The molecule has 0 aromatic carbocycles. The molecule has 1 unspecified atom stereocenters. The van der Waals surface area contributed by atoms with Gasteiger partial charge >= 0.3 is 0 Å². The lowest BCUT2D eigenvalue weighted by Crippen LogP contribution is -2.46. The third kappa shape index (κ3) is 3.33. The molecular weight excluding hydrogens is 252 g/mol. The number of hydrogen-bond acceptors (Lipinski definition) is 2. The van der Waals surface area contributed by atoms with Crippen molar-refractivity contribution in [3.63, 3.8) is 0 Å². The van der Waals surface area contributed by atoms with Crippen molar-refractivity contribution >= 4 is 11.8 Å². The lowest BCUT2D eigenvalue weighted by atomic mass is 9.87. The molecule has 112 valence electrons. The summed E-state index contributed by atoms with van der Waals surface area (Å²) in [6, 6.07) is -0.226. The molecule has 1 N–H and O–H groups in total. The Labute approximate surface area is 121 Å². The summed E-state index contributed by atoms with van der Waals surface area (Å²) in [7, 11) is 0. The van der Waals surface area contributed by atoms with Gasteiger partial charge in [-0.2, -0.15) is 0 Å². The van der Waals surface area contributed by atoms with Gasteiger partial charge in [0.2, 0.25) is 11.8 Å². The average Bonchev–Trinajstić information content (AvgIpc) is 3.29. The second kappa shape index (κ2) is 6.15. The van der Waals surface area contributed by atoms with E-state index in [9.17, 15) is 9.59 Å². The van der Waals surface area contributed by atoms with Crippen LogP contribution >= 0.6 is 0 Å². The predicted molar refractivity (Wildman–Crippen MR) is 77.0 cm³/mol. The van der Waals surface area contributed by atoms with Crippen molar-refractivity contribution in [2.45, 2.75) is 63.8 Å². The molecule has 4 nitrogen and oxygen atoms in total. The zero-order valence-electron chi connectivity index (χ0n) is 12.3. The van der Waals surface area contributed by atoms with Crippen molar-refractivity contribution in [1.82, 2.24) is 10.2 Å². The number of hydrogen-bond donors (Lipinski definition) is 1. The minimum Gasteiger partial charge on any atom is -0.344 e. The molecule has 3 fully saturated rings. The highest BCUT2D eigenvalue weighted by Gasteiger charge is 2.40. The van der Waals surface area contributed by atoms with Crippen molar-refractivity contribution in [1.29, 1.82) is 0 Å². The fourth-order valence-corrected chi connectivity index (χ4v) is 3.64. The van der Waals surface area contributed by atoms with Crippen LogP contribution in [0.15, 0.2) is 0 Å². The van der Waals surface area contributed by atoms with E-state index in [1.165, 1.54) is 32.1 Å². The molecule has 1 atom stereocenters. The van der Waals surface area contributed by atoms with Crippen LogP contribution in [0.1, 0.15) is 57.8 Å². The summed E-state index contributed by atoms with van der Waals surface area (Å²) in [5.74, 6) is 1.43. The fraction of sp³-hybridized carbons (Fsp3) is 0.875. The van der Waals surface area contributed by atoms with Crippen LogP contribution in [0, 0.1) is 11.8 Å². The van der Waals surface area contributed by atoms with E-state index >= 15 is 0 Å². The molecule has 20 heavy (non-hydrogen) atoms. The summed E-state index contributed by atoms with van der Waals surface area (Å²) in [5, 5.41) is 2.93. The molecule has 1 heterocycles. The van der Waals surface area contributed by atoms with Crippen molar-refractivity contribution in [3.05, 3.63) is 0 Å². The largest absolute Gasteiger partial charge is 0.344 e. The van der Waals surface area contributed by atoms with E-state index in [2.05, 4.69) is 5.32 Å². The van der Waals surface area contributed by atoms with Crippen LogP contribution < -0.4 is 5.32 Å². The van der Waals surface area contributed by atoms with E-state index in [4.69, 9.17) is 0 Å². The molecule has 0 aromatic rings. The van der Waals surface area contributed by atoms with Crippen LogP contribution in [-0.4, -0.2) is 35.8 Å². The highest BCUT2D eigenvalue weighted by molar-refractivity contribution is 5.90. The van der Waals surface area contributed by atoms with Crippen molar-refractivity contribution in [2.24, 2.45) is 11.8 Å². The first-order valence-corrected chi connectivity index (χ1v) is 8.32. The maximum absolute atomic E-state index is 12.6. The first-order valence-electron chi connectivity index (χ1n) is 8.32. The van der Waals surface area contributed by atoms with Gasteiger partial charge in [0, 0.05) is 19.5 Å². The van der Waals surface area contributed by atoms with E-state index in [0.29, 0.717) is 18.9 Å². The zero-order valence-corrected chi connectivity index (χ0v) is 12.3. The van der Waals surface area contributed by atoms with Gasteiger partial charge in [0.15, 0.2) is 0 Å². The Balaban J connectivity index is 1.55. The number of nitrogens with zero attached hydrogens (tertiary/aromatic N) is 1. The molecule has 0 bridgehead atoms. The zero-order chi connectivity index (χ0) is 13.9. The van der Waals surface area contributed by atoms with Gasteiger partial charge in [0.1, 0.15) is 6.04 Å². The Kier molecular flexibility index (Phi) is 4.27. The molecule has 2 saturated carbocycles. The summed E-state index contributed by atoms with van der Waals surface area (Å²) >= 11 is 0. The monoisotopic (exact) mass is 278 g/mol. The molecule has 1 aliphatic heterocycles. The lowest BCUT2D eigenvalue weighted by Gasteiger charge is -2.27. The lowest BCUT2D eigenvalue weighted by molar-refractivity contribution is -0.134. The highest BCUT2D eigenvalue weighted by Crippen LogP contribution is 2.34. The Bertz CT molecular complexity index is 373. The van der Waals surface area contributed by atoms with E-state index in [1.807, 2.05) is 4.90 Å². The summed E-state index contributed by atoms with van der Waals surface area (Å²) in [5.41, 5.74) is 0. The number of rotatable bonds is 4. The standard InChI is InChI=1S/C16H26N2O2/c19-14-9-11-18(10-8-12-4-2-1-3-5-12)16(20)15(17-14)13-6-7-13/h12-13,15H,1-11H2,(H,17,19). The Morgan fingerprint density at radius 3 is 2.50 bits per heavy atom. The van der Waals surface area contributed by atoms with Gasteiger partial charge in [0.05, 0.1) is 0 Å².